The summed E-state index contributed by atoms with van der Waals surface area (Å²) in [5.41, 5.74) is 1.24. The van der Waals surface area contributed by atoms with Crippen molar-refractivity contribution in [1.82, 2.24) is 10.2 Å². The van der Waals surface area contributed by atoms with Crippen molar-refractivity contribution >= 4 is 17.2 Å². The molecule has 1 N–H and O–H groups in total. The van der Waals surface area contributed by atoms with Crippen LogP contribution in [0.15, 0.2) is 16.8 Å². The first-order chi connectivity index (χ1) is 8.38. The van der Waals surface area contributed by atoms with E-state index in [1.54, 1.807) is 11.3 Å². The predicted octanol–water partition coefficient (Wildman–Crippen LogP) is 2.80. The van der Waals surface area contributed by atoms with Gasteiger partial charge in [0, 0.05) is 30.6 Å². The molecule has 1 aromatic heterocycles. The monoisotopic (exact) mass is 266 g/mol. The van der Waals surface area contributed by atoms with Crippen molar-refractivity contribution < 1.29 is 4.79 Å². The van der Waals surface area contributed by atoms with Crippen LogP contribution in [0.2, 0.25) is 0 Å². The van der Waals surface area contributed by atoms with Gasteiger partial charge in [0.05, 0.1) is 0 Å². The Labute approximate surface area is 113 Å². The molecule has 100 valence electrons. The van der Waals surface area contributed by atoms with Gasteiger partial charge >= 0.3 is 0 Å². The van der Waals surface area contributed by atoms with E-state index in [9.17, 15) is 4.79 Å². The molecule has 0 aliphatic carbocycles. The summed E-state index contributed by atoms with van der Waals surface area (Å²) in [5, 5.41) is 7.81. The van der Waals surface area contributed by atoms with Crippen LogP contribution in [-0.4, -0.2) is 28.9 Å². The Bertz CT molecular complexity index is 408. The molecule has 1 saturated heterocycles. The van der Waals surface area contributed by atoms with Crippen molar-refractivity contribution in [3.63, 3.8) is 0 Å². The first-order valence-electron chi connectivity index (χ1n) is 6.46. The van der Waals surface area contributed by atoms with Crippen LogP contribution in [0, 0.1) is 0 Å². The Kier molecular flexibility index (Phi) is 3.78. The maximum atomic E-state index is 12.0. The van der Waals surface area contributed by atoms with Crippen molar-refractivity contribution in [2.45, 2.75) is 51.7 Å². The van der Waals surface area contributed by atoms with Crippen LogP contribution in [0.25, 0.3) is 0 Å². The zero-order valence-electron chi connectivity index (χ0n) is 11.6. The number of carbonyl (C=O) groups is 1. The number of amides is 1. The van der Waals surface area contributed by atoms with E-state index in [-0.39, 0.29) is 17.5 Å². The fourth-order valence-corrected chi connectivity index (χ4v) is 3.19. The third-order valence-electron chi connectivity index (χ3n) is 3.46. The van der Waals surface area contributed by atoms with Crippen molar-refractivity contribution in [2.24, 2.45) is 0 Å². The highest BCUT2D eigenvalue weighted by Gasteiger charge is 2.36. The van der Waals surface area contributed by atoms with Crippen LogP contribution in [0.5, 0.6) is 0 Å². The Hall–Kier alpha value is -0.870. The molecule has 0 unspecified atom stereocenters. The molecule has 0 aromatic carbocycles. The van der Waals surface area contributed by atoms with Crippen LogP contribution in [0.1, 0.15) is 45.7 Å². The van der Waals surface area contributed by atoms with Gasteiger partial charge in [-0.25, -0.2) is 0 Å². The lowest BCUT2D eigenvalue weighted by Gasteiger charge is -2.32. The molecule has 0 bridgehead atoms. The van der Waals surface area contributed by atoms with E-state index in [1.807, 2.05) is 4.90 Å². The summed E-state index contributed by atoms with van der Waals surface area (Å²) >= 11 is 1.71. The molecule has 1 amide bonds. The van der Waals surface area contributed by atoms with Gasteiger partial charge in [0.1, 0.15) is 0 Å². The second kappa shape index (κ2) is 5.02. The van der Waals surface area contributed by atoms with Crippen LogP contribution in [0.4, 0.5) is 0 Å². The lowest BCUT2D eigenvalue weighted by atomic mass is 10.1. The van der Waals surface area contributed by atoms with Gasteiger partial charge in [0.15, 0.2) is 0 Å². The maximum Gasteiger partial charge on any atom is 0.224 e. The number of hydrogen-bond acceptors (Lipinski definition) is 3. The highest BCUT2D eigenvalue weighted by Crippen LogP contribution is 2.24. The van der Waals surface area contributed by atoms with E-state index in [0.29, 0.717) is 12.5 Å². The van der Waals surface area contributed by atoms with Crippen molar-refractivity contribution in [1.29, 1.82) is 0 Å². The first kappa shape index (κ1) is 13.6. The quantitative estimate of drug-likeness (QED) is 0.912. The Balaban J connectivity index is 1.95. The molecule has 18 heavy (non-hydrogen) atoms. The fraction of sp³-hybridized carbons (Fsp3) is 0.643. The molecule has 0 spiro atoms. The Morgan fingerprint density at radius 1 is 1.50 bits per heavy atom. The van der Waals surface area contributed by atoms with E-state index < -0.39 is 0 Å². The largest absolute Gasteiger partial charge is 0.336 e. The molecule has 0 saturated carbocycles. The molecule has 1 fully saturated rings. The van der Waals surface area contributed by atoms with E-state index in [0.717, 1.165) is 6.54 Å². The van der Waals surface area contributed by atoms with E-state index in [2.05, 4.69) is 49.8 Å². The van der Waals surface area contributed by atoms with E-state index >= 15 is 0 Å². The molecule has 2 atom stereocenters. The molecule has 4 heteroatoms. The summed E-state index contributed by atoms with van der Waals surface area (Å²) in [5.74, 6) is 0.262. The molecule has 1 aliphatic rings. The van der Waals surface area contributed by atoms with Crippen LogP contribution in [0.3, 0.4) is 0 Å². The number of thiophene rings is 1. The summed E-state index contributed by atoms with van der Waals surface area (Å²) in [6.07, 6.45) is 0.617. The summed E-state index contributed by atoms with van der Waals surface area (Å²) in [4.78, 5) is 14.0. The Morgan fingerprint density at radius 2 is 2.22 bits per heavy atom. The lowest BCUT2D eigenvalue weighted by Crippen LogP contribution is -2.44. The number of nitrogens with zero attached hydrogens (tertiary/aromatic N) is 1. The Morgan fingerprint density at radius 3 is 2.72 bits per heavy atom. The molecule has 1 aliphatic heterocycles. The minimum Gasteiger partial charge on any atom is -0.336 e. The third kappa shape index (κ3) is 2.93. The predicted molar refractivity (Wildman–Crippen MR) is 75.7 cm³/mol. The van der Waals surface area contributed by atoms with Gasteiger partial charge in [-0.3, -0.25) is 4.79 Å². The number of hydrogen-bond donors (Lipinski definition) is 1. The number of rotatable bonds is 3. The minimum absolute atomic E-state index is 0.0703. The van der Waals surface area contributed by atoms with Gasteiger partial charge < -0.3 is 10.2 Å². The SMILES string of the molecule is C[C@H](N[C@H]1CC(=O)N(C(C)(C)C)C1)c1ccsc1. The molecule has 2 rings (SSSR count). The van der Waals surface area contributed by atoms with Gasteiger partial charge in [-0.2, -0.15) is 11.3 Å². The molecular weight excluding hydrogens is 244 g/mol. The number of likely N-dealkylation sites (tertiary alicyclic amines) is 1. The zero-order valence-corrected chi connectivity index (χ0v) is 12.4. The summed E-state index contributed by atoms with van der Waals surface area (Å²) in [6, 6.07) is 2.72. The topological polar surface area (TPSA) is 32.3 Å². The van der Waals surface area contributed by atoms with Crippen LogP contribution < -0.4 is 5.32 Å². The van der Waals surface area contributed by atoms with E-state index in [4.69, 9.17) is 0 Å². The van der Waals surface area contributed by atoms with Crippen LogP contribution in [-0.2, 0) is 4.79 Å². The second-order valence-corrected chi connectivity index (χ2v) is 6.80. The van der Waals surface area contributed by atoms with Crippen molar-refractivity contribution in [2.75, 3.05) is 6.54 Å². The first-order valence-corrected chi connectivity index (χ1v) is 7.41. The van der Waals surface area contributed by atoms with Gasteiger partial charge in [-0.05, 0) is 50.1 Å². The molecule has 3 nitrogen and oxygen atoms in total. The highest BCUT2D eigenvalue weighted by molar-refractivity contribution is 7.07. The summed E-state index contributed by atoms with van der Waals surface area (Å²) in [6.45, 7) is 9.25. The van der Waals surface area contributed by atoms with Gasteiger partial charge in [0.25, 0.3) is 0 Å². The van der Waals surface area contributed by atoms with Gasteiger partial charge in [0.2, 0.25) is 5.91 Å². The normalized spacial score (nSPS) is 22.6. The zero-order chi connectivity index (χ0) is 13.3. The standard InChI is InChI=1S/C14H22N2OS/c1-10(11-5-6-18-9-11)15-12-7-13(17)16(8-12)14(2,3)4/h5-6,9-10,12,15H,7-8H2,1-4H3/t10-,12-/m0/s1. The number of nitrogens with one attached hydrogen (secondary N) is 1. The van der Waals surface area contributed by atoms with Crippen LogP contribution >= 0.6 is 11.3 Å². The van der Waals surface area contributed by atoms with Gasteiger partial charge in [-0.15, -0.1) is 0 Å². The highest BCUT2D eigenvalue weighted by atomic mass is 32.1. The fourth-order valence-electron chi connectivity index (χ4n) is 2.44. The molecular formula is C14H22N2OS. The average molecular weight is 266 g/mol. The molecule has 1 aromatic rings. The van der Waals surface area contributed by atoms with E-state index in [1.165, 1.54) is 5.56 Å². The smallest absolute Gasteiger partial charge is 0.224 e. The number of carbonyl (C=O) groups excluding carboxylic acids is 1. The van der Waals surface area contributed by atoms with Gasteiger partial charge in [-0.1, -0.05) is 0 Å². The molecule has 0 radical (unpaired) electrons. The summed E-state index contributed by atoms with van der Waals surface area (Å²) in [7, 11) is 0. The molecule has 2 heterocycles. The lowest BCUT2D eigenvalue weighted by molar-refractivity contribution is -0.131. The third-order valence-corrected chi connectivity index (χ3v) is 4.17. The van der Waals surface area contributed by atoms with Crippen molar-refractivity contribution in [3.05, 3.63) is 22.4 Å². The average Bonchev–Trinajstić information content (AvgIpc) is 2.85. The minimum atomic E-state index is -0.0703. The maximum absolute atomic E-state index is 12.0. The second-order valence-electron chi connectivity index (χ2n) is 6.02. The van der Waals surface area contributed by atoms with Crippen molar-refractivity contribution in [3.8, 4) is 0 Å². The summed E-state index contributed by atoms with van der Waals surface area (Å²) < 4.78 is 0.